The Morgan fingerprint density at radius 2 is 2.08 bits per heavy atom. The summed E-state index contributed by atoms with van der Waals surface area (Å²) in [4.78, 5) is 0.0463. The topological polar surface area (TPSA) is 80.4 Å². The average molecular weight is 187 g/mol. The Labute approximate surface area is 70.6 Å². The molecule has 1 rings (SSSR count). The average Bonchev–Trinajstić information content (AvgIpc) is 2.05. The summed E-state index contributed by atoms with van der Waals surface area (Å²) in [6.07, 6.45) is 0. The maximum absolute atomic E-state index is 11.0. The van der Waals surface area contributed by atoms with Crippen LogP contribution >= 0.6 is 0 Å². The van der Waals surface area contributed by atoms with Gasteiger partial charge in [0.1, 0.15) is 5.94 Å². The second-order valence-corrected chi connectivity index (χ2v) is 4.28. The molecule has 0 spiro atoms. The Bertz CT molecular complexity index is 372. The van der Waals surface area contributed by atoms with E-state index in [2.05, 4.69) is 0 Å². The molecule has 0 aliphatic heterocycles. The fraction of sp³-hybridized carbons (Fsp3) is 0.143. The number of nitrogen functional groups attached to an aromatic ring is 1. The van der Waals surface area contributed by atoms with E-state index in [0.29, 0.717) is 5.69 Å². The van der Waals surface area contributed by atoms with Gasteiger partial charge in [-0.2, -0.15) is 0 Å². The van der Waals surface area contributed by atoms with Crippen LogP contribution < -0.4 is 5.73 Å². The second-order valence-electron chi connectivity index (χ2n) is 2.32. The van der Waals surface area contributed by atoms with Crippen molar-refractivity contribution in [1.29, 1.82) is 0 Å². The maximum atomic E-state index is 11.0. The monoisotopic (exact) mass is 187 g/mol. The second kappa shape index (κ2) is 3.12. The van der Waals surface area contributed by atoms with Crippen LogP contribution in [0.25, 0.3) is 0 Å². The molecule has 1 aromatic rings. The van der Waals surface area contributed by atoms with Crippen LogP contribution in [0.2, 0.25) is 0 Å². The molecule has 0 radical (unpaired) electrons. The fourth-order valence-electron chi connectivity index (χ4n) is 0.783. The summed E-state index contributed by atoms with van der Waals surface area (Å²) < 4.78 is 22.1. The lowest BCUT2D eigenvalue weighted by molar-refractivity contribution is 0.358. The first-order valence-corrected chi connectivity index (χ1v) is 4.90. The minimum atomic E-state index is -3.55. The number of hydrogen-bond donors (Lipinski definition) is 2. The van der Waals surface area contributed by atoms with Gasteiger partial charge in [0.25, 0.3) is 0 Å². The fourth-order valence-corrected chi connectivity index (χ4v) is 1.53. The highest BCUT2D eigenvalue weighted by atomic mass is 32.2. The number of aliphatic hydroxyl groups is 1. The van der Waals surface area contributed by atoms with Crippen LogP contribution in [0.1, 0.15) is 0 Å². The van der Waals surface area contributed by atoms with Crippen LogP contribution in [-0.4, -0.2) is 19.5 Å². The molecule has 5 heteroatoms. The third kappa shape index (κ3) is 1.75. The Balaban J connectivity index is 3.21. The summed E-state index contributed by atoms with van der Waals surface area (Å²) >= 11 is 0. The van der Waals surface area contributed by atoms with Crippen molar-refractivity contribution in [2.24, 2.45) is 0 Å². The first-order valence-electron chi connectivity index (χ1n) is 3.25. The summed E-state index contributed by atoms with van der Waals surface area (Å²) in [5.41, 5.74) is 5.73. The predicted molar refractivity (Wildman–Crippen MR) is 45.1 cm³/mol. The quantitative estimate of drug-likeness (QED) is 0.638. The highest BCUT2D eigenvalue weighted by Crippen LogP contribution is 2.13. The third-order valence-electron chi connectivity index (χ3n) is 1.39. The van der Waals surface area contributed by atoms with Crippen molar-refractivity contribution in [2.45, 2.75) is 4.90 Å². The molecule has 4 nitrogen and oxygen atoms in total. The Kier molecular flexibility index (Phi) is 2.35. The van der Waals surface area contributed by atoms with E-state index in [1.54, 1.807) is 6.07 Å². The number of rotatable bonds is 2. The Hall–Kier alpha value is -1.07. The van der Waals surface area contributed by atoms with Crippen molar-refractivity contribution in [3.8, 4) is 0 Å². The van der Waals surface area contributed by atoms with Gasteiger partial charge in [-0.15, -0.1) is 0 Å². The number of anilines is 1. The van der Waals surface area contributed by atoms with Gasteiger partial charge in [0.05, 0.1) is 4.90 Å². The molecular formula is C7H9NO3S. The lowest BCUT2D eigenvalue weighted by Crippen LogP contribution is -2.05. The van der Waals surface area contributed by atoms with E-state index in [1.807, 2.05) is 0 Å². The molecule has 0 heterocycles. The van der Waals surface area contributed by atoms with Crippen LogP contribution in [-0.2, 0) is 9.84 Å². The standard InChI is InChI=1S/C7H9NO3S/c8-6-2-1-3-7(4-6)12(10,11)5-9/h1-4,9H,5,8H2. The third-order valence-corrected chi connectivity index (χ3v) is 2.70. The Morgan fingerprint density at radius 1 is 1.42 bits per heavy atom. The van der Waals surface area contributed by atoms with Crippen LogP contribution in [0, 0.1) is 0 Å². The molecule has 66 valence electrons. The minimum absolute atomic E-state index is 0.0463. The Morgan fingerprint density at radius 3 is 2.58 bits per heavy atom. The normalized spacial score (nSPS) is 11.4. The van der Waals surface area contributed by atoms with E-state index in [4.69, 9.17) is 10.8 Å². The molecule has 0 saturated heterocycles. The zero-order valence-electron chi connectivity index (χ0n) is 6.27. The van der Waals surface area contributed by atoms with Crippen LogP contribution in [0.15, 0.2) is 29.2 Å². The van der Waals surface area contributed by atoms with Crippen molar-refractivity contribution in [2.75, 3.05) is 11.7 Å². The molecule has 0 saturated carbocycles. The highest BCUT2D eigenvalue weighted by Gasteiger charge is 2.11. The molecule has 1 aromatic carbocycles. The van der Waals surface area contributed by atoms with E-state index in [-0.39, 0.29) is 4.90 Å². The maximum Gasteiger partial charge on any atom is 0.202 e. The van der Waals surface area contributed by atoms with Crippen molar-refractivity contribution in [3.63, 3.8) is 0 Å². The highest BCUT2D eigenvalue weighted by molar-refractivity contribution is 7.91. The molecule has 0 fully saturated rings. The molecule has 0 aromatic heterocycles. The van der Waals surface area contributed by atoms with Crippen LogP contribution in [0.4, 0.5) is 5.69 Å². The van der Waals surface area contributed by atoms with Gasteiger partial charge in [-0.25, -0.2) is 8.42 Å². The van der Waals surface area contributed by atoms with Gasteiger partial charge in [0.2, 0.25) is 9.84 Å². The summed E-state index contributed by atoms with van der Waals surface area (Å²) in [7, 11) is -3.55. The van der Waals surface area contributed by atoms with Crippen molar-refractivity contribution in [3.05, 3.63) is 24.3 Å². The van der Waals surface area contributed by atoms with Crippen molar-refractivity contribution >= 4 is 15.5 Å². The van der Waals surface area contributed by atoms with Gasteiger partial charge in [0, 0.05) is 5.69 Å². The van der Waals surface area contributed by atoms with Gasteiger partial charge < -0.3 is 10.8 Å². The van der Waals surface area contributed by atoms with Gasteiger partial charge in [-0.1, -0.05) is 6.07 Å². The molecule has 0 amide bonds. The van der Waals surface area contributed by atoms with E-state index in [9.17, 15) is 8.42 Å². The number of benzene rings is 1. The van der Waals surface area contributed by atoms with E-state index >= 15 is 0 Å². The molecular weight excluding hydrogens is 178 g/mol. The van der Waals surface area contributed by atoms with Gasteiger partial charge in [-0.3, -0.25) is 0 Å². The lowest BCUT2D eigenvalue weighted by atomic mass is 10.3. The first-order chi connectivity index (χ1) is 5.56. The van der Waals surface area contributed by atoms with Crippen molar-refractivity contribution in [1.82, 2.24) is 0 Å². The first kappa shape index (κ1) is 9.02. The molecule has 0 bridgehead atoms. The van der Waals surface area contributed by atoms with Crippen LogP contribution in [0.5, 0.6) is 0 Å². The van der Waals surface area contributed by atoms with Crippen LogP contribution in [0.3, 0.4) is 0 Å². The van der Waals surface area contributed by atoms with Crippen molar-refractivity contribution < 1.29 is 13.5 Å². The molecule has 0 unspecified atom stereocenters. The van der Waals surface area contributed by atoms with Gasteiger partial charge >= 0.3 is 0 Å². The van der Waals surface area contributed by atoms with Gasteiger partial charge in [0.15, 0.2) is 0 Å². The summed E-state index contributed by atoms with van der Waals surface area (Å²) in [5.74, 6) is -0.892. The smallest absolute Gasteiger partial charge is 0.202 e. The number of sulfone groups is 1. The van der Waals surface area contributed by atoms with E-state index < -0.39 is 15.8 Å². The molecule has 3 N–H and O–H groups in total. The zero-order valence-corrected chi connectivity index (χ0v) is 7.08. The molecule has 0 atom stereocenters. The lowest BCUT2D eigenvalue weighted by Gasteiger charge is -2.00. The summed E-state index contributed by atoms with van der Waals surface area (Å²) in [6.45, 7) is 0. The summed E-state index contributed by atoms with van der Waals surface area (Å²) in [6, 6.07) is 5.81. The SMILES string of the molecule is Nc1cccc(S(=O)(=O)CO)c1. The van der Waals surface area contributed by atoms with Gasteiger partial charge in [-0.05, 0) is 18.2 Å². The number of hydrogen-bond acceptors (Lipinski definition) is 4. The summed E-state index contributed by atoms with van der Waals surface area (Å²) in [5, 5.41) is 8.51. The number of nitrogens with two attached hydrogens (primary N) is 1. The largest absolute Gasteiger partial charge is 0.399 e. The van der Waals surface area contributed by atoms with E-state index in [1.165, 1.54) is 18.2 Å². The minimum Gasteiger partial charge on any atom is -0.399 e. The van der Waals surface area contributed by atoms with E-state index in [0.717, 1.165) is 0 Å². The molecule has 0 aliphatic carbocycles. The predicted octanol–water partition coefficient (Wildman–Crippen LogP) is -0.00770. The zero-order chi connectivity index (χ0) is 9.19. The molecule has 0 aliphatic rings. The molecule has 12 heavy (non-hydrogen) atoms. The number of aliphatic hydroxyl groups excluding tert-OH is 1.